The van der Waals surface area contributed by atoms with Gasteiger partial charge >= 0.3 is 0 Å². The Balaban J connectivity index is 2.05. The topological polar surface area (TPSA) is 29.1 Å². The molecule has 0 radical (unpaired) electrons. The van der Waals surface area contributed by atoms with E-state index in [2.05, 4.69) is 44.1 Å². The van der Waals surface area contributed by atoms with E-state index in [1.165, 1.54) is 12.8 Å². The predicted molar refractivity (Wildman–Crippen MR) is 80.7 cm³/mol. The molecule has 0 bridgehead atoms. The van der Waals surface area contributed by atoms with Crippen molar-refractivity contribution in [3.05, 3.63) is 32.7 Å². The van der Waals surface area contributed by atoms with Crippen LogP contribution in [0.15, 0.2) is 27.1 Å². The SMILES string of the molecule is CC1CCCC(NC(=O)c2cc(Br)ccc2Br)C1. The van der Waals surface area contributed by atoms with Crippen molar-refractivity contribution in [2.75, 3.05) is 0 Å². The molecular formula is C14H17Br2NO. The first-order chi connectivity index (χ1) is 8.56. The molecule has 1 aliphatic rings. The van der Waals surface area contributed by atoms with Gasteiger partial charge in [0, 0.05) is 15.0 Å². The van der Waals surface area contributed by atoms with Crippen molar-refractivity contribution >= 4 is 37.8 Å². The smallest absolute Gasteiger partial charge is 0.252 e. The van der Waals surface area contributed by atoms with E-state index in [1.54, 1.807) is 0 Å². The van der Waals surface area contributed by atoms with Gasteiger partial charge in [-0.3, -0.25) is 4.79 Å². The van der Waals surface area contributed by atoms with E-state index >= 15 is 0 Å². The van der Waals surface area contributed by atoms with E-state index in [4.69, 9.17) is 0 Å². The van der Waals surface area contributed by atoms with Crippen molar-refractivity contribution in [2.45, 2.75) is 38.6 Å². The van der Waals surface area contributed by atoms with Crippen LogP contribution >= 0.6 is 31.9 Å². The first-order valence-electron chi connectivity index (χ1n) is 6.32. The van der Waals surface area contributed by atoms with Gasteiger partial charge in [-0.2, -0.15) is 0 Å². The molecule has 1 fully saturated rings. The Kier molecular flexibility index (Phi) is 4.84. The number of nitrogens with one attached hydrogen (secondary N) is 1. The van der Waals surface area contributed by atoms with Crippen molar-refractivity contribution in [1.82, 2.24) is 5.32 Å². The Morgan fingerprint density at radius 2 is 2.11 bits per heavy atom. The van der Waals surface area contributed by atoms with Crippen LogP contribution in [0.1, 0.15) is 43.0 Å². The molecule has 1 aromatic rings. The van der Waals surface area contributed by atoms with Gasteiger partial charge in [0.1, 0.15) is 0 Å². The molecule has 0 saturated heterocycles. The van der Waals surface area contributed by atoms with Gasteiger partial charge in [-0.05, 0) is 52.9 Å². The normalized spacial score (nSPS) is 23.7. The number of rotatable bonds is 2. The molecule has 0 heterocycles. The van der Waals surface area contributed by atoms with E-state index in [9.17, 15) is 4.79 Å². The Bertz CT molecular complexity index is 447. The van der Waals surface area contributed by atoms with Gasteiger partial charge in [0.15, 0.2) is 0 Å². The van der Waals surface area contributed by atoms with Gasteiger partial charge in [-0.1, -0.05) is 35.7 Å². The summed E-state index contributed by atoms with van der Waals surface area (Å²) in [7, 11) is 0. The zero-order valence-corrected chi connectivity index (χ0v) is 13.6. The Morgan fingerprint density at radius 3 is 2.83 bits per heavy atom. The van der Waals surface area contributed by atoms with Crippen molar-refractivity contribution in [1.29, 1.82) is 0 Å². The average Bonchev–Trinajstić information content (AvgIpc) is 2.32. The number of halogens is 2. The molecule has 1 aromatic carbocycles. The molecule has 4 heteroatoms. The second-order valence-corrected chi connectivity index (χ2v) is 6.84. The summed E-state index contributed by atoms with van der Waals surface area (Å²) in [6.45, 7) is 2.26. The summed E-state index contributed by atoms with van der Waals surface area (Å²) in [5.74, 6) is 0.734. The van der Waals surface area contributed by atoms with Crippen molar-refractivity contribution < 1.29 is 4.79 Å². The third-order valence-corrected chi connectivity index (χ3v) is 4.63. The van der Waals surface area contributed by atoms with Crippen LogP contribution in [0, 0.1) is 5.92 Å². The highest BCUT2D eigenvalue weighted by atomic mass is 79.9. The van der Waals surface area contributed by atoms with Crippen molar-refractivity contribution in [3.8, 4) is 0 Å². The van der Waals surface area contributed by atoms with Crippen LogP contribution in [0.25, 0.3) is 0 Å². The number of amides is 1. The zero-order chi connectivity index (χ0) is 13.1. The van der Waals surface area contributed by atoms with Gasteiger partial charge in [0.2, 0.25) is 0 Å². The van der Waals surface area contributed by atoms with Crippen LogP contribution in [0.4, 0.5) is 0 Å². The minimum atomic E-state index is 0.0160. The predicted octanol–water partition coefficient (Wildman–Crippen LogP) is 4.52. The highest BCUT2D eigenvalue weighted by Crippen LogP contribution is 2.25. The van der Waals surface area contributed by atoms with Gasteiger partial charge in [-0.15, -0.1) is 0 Å². The maximum Gasteiger partial charge on any atom is 0.252 e. The Hall–Kier alpha value is -0.350. The molecule has 1 amide bonds. The first kappa shape index (κ1) is 14.1. The Labute approximate surface area is 125 Å². The monoisotopic (exact) mass is 373 g/mol. The summed E-state index contributed by atoms with van der Waals surface area (Å²) in [5, 5.41) is 3.14. The van der Waals surface area contributed by atoms with E-state index in [0.717, 1.165) is 27.7 Å². The summed E-state index contributed by atoms with van der Waals surface area (Å²) < 4.78 is 1.76. The number of hydrogen-bond donors (Lipinski definition) is 1. The van der Waals surface area contributed by atoms with Gasteiger partial charge in [0.05, 0.1) is 5.56 Å². The van der Waals surface area contributed by atoms with Crippen molar-refractivity contribution in [2.24, 2.45) is 5.92 Å². The lowest BCUT2D eigenvalue weighted by Crippen LogP contribution is -2.38. The maximum absolute atomic E-state index is 12.2. The molecule has 1 N–H and O–H groups in total. The fraction of sp³-hybridized carbons (Fsp3) is 0.500. The summed E-state index contributed by atoms with van der Waals surface area (Å²) in [5.41, 5.74) is 0.697. The summed E-state index contributed by atoms with van der Waals surface area (Å²) in [6.07, 6.45) is 4.69. The second-order valence-electron chi connectivity index (χ2n) is 5.07. The summed E-state index contributed by atoms with van der Waals surface area (Å²) >= 11 is 6.82. The van der Waals surface area contributed by atoms with E-state index in [-0.39, 0.29) is 5.91 Å². The molecule has 18 heavy (non-hydrogen) atoms. The first-order valence-corrected chi connectivity index (χ1v) is 7.91. The number of benzene rings is 1. The fourth-order valence-corrected chi connectivity index (χ4v) is 3.29. The number of carbonyl (C=O) groups is 1. The molecule has 2 atom stereocenters. The molecule has 1 aliphatic carbocycles. The second kappa shape index (κ2) is 6.20. The third kappa shape index (κ3) is 3.58. The van der Waals surface area contributed by atoms with Crippen molar-refractivity contribution in [3.63, 3.8) is 0 Å². The lowest BCUT2D eigenvalue weighted by atomic mass is 9.87. The quantitative estimate of drug-likeness (QED) is 0.809. The lowest BCUT2D eigenvalue weighted by molar-refractivity contribution is 0.0920. The van der Waals surface area contributed by atoms with Crippen LogP contribution in [-0.2, 0) is 0 Å². The molecule has 0 aliphatic heterocycles. The molecule has 98 valence electrons. The van der Waals surface area contributed by atoms with Crippen LogP contribution < -0.4 is 5.32 Å². The molecule has 0 aromatic heterocycles. The standard InChI is InChI=1S/C14H17Br2NO/c1-9-3-2-4-11(7-9)17-14(18)12-8-10(15)5-6-13(12)16/h5-6,8-9,11H,2-4,7H2,1H3,(H,17,18). The van der Waals surface area contributed by atoms with E-state index in [1.807, 2.05) is 18.2 Å². The molecule has 0 spiro atoms. The van der Waals surface area contributed by atoms with Gasteiger partial charge < -0.3 is 5.32 Å². The highest BCUT2D eigenvalue weighted by molar-refractivity contribution is 9.11. The van der Waals surface area contributed by atoms with Crippen LogP contribution in [0.5, 0.6) is 0 Å². The molecule has 1 saturated carbocycles. The molecular weight excluding hydrogens is 358 g/mol. The molecule has 2 rings (SSSR count). The largest absolute Gasteiger partial charge is 0.349 e. The molecule has 2 nitrogen and oxygen atoms in total. The summed E-state index contributed by atoms with van der Waals surface area (Å²) in [4.78, 5) is 12.2. The minimum Gasteiger partial charge on any atom is -0.349 e. The minimum absolute atomic E-state index is 0.0160. The Morgan fingerprint density at radius 1 is 1.33 bits per heavy atom. The summed E-state index contributed by atoms with van der Waals surface area (Å²) in [6, 6.07) is 5.99. The lowest BCUT2D eigenvalue weighted by Gasteiger charge is -2.27. The number of carbonyl (C=O) groups excluding carboxylic acids is 1. The van der Waals surface area contributed by atoms with Crippen LogP contribution in [-0.4, -0.2) is 11.9 Å². The van der Waals surface area contributed by atoms with Crippen LogP contribution in [0.2, 0.25) is 0 Å². The van der Waals surface area contributed by atoms with E-state index in [0.29, 0.717) is 11.6 Å². The third-order valence-electron chi connectivity index (χ3n) is 3.44. The van der Waals surface area contributed by atoms with Gasteiger partial charge in [0.25, 0.3) is 5.91 Å². The van der Waals surface area contributed by atoms with E-state index < -0.39 is 0 Å². The van der Waals surface area contributed by atoms with Crippen LogP contribution in [0.3, 0.4) is 0 Å². The molecule has 2 unspecified atom stereocenters. The number of hydrogen-bond acceptors (Lipinski definition) is 1. The highest BCUT2D eigenvalue weighted by Gasteiger charge is 2.21. The fourth-order valence-electron chi connectivity index (χ4n) is 2.50. The zero-order valence-electron chi connectivity index (χ0n) is 10.4. The average molecular weight is 375 g/mol. The maximum atomic E-state index is 12.2. The van der Waals surface area contributed by atoms with Gasteiger partial charge in [-0.25, -0.2) is 0 Å².